The van der Waals surface area contributed by atoms with Crippen LogP contribution in [0.1, 0.15) is 5.56 Å². The fraction of sp³-hybridized carbons (Fsp3) is 0.125. The quantitative estimate of drug-likeness (QED) is 0.611. The van der Waals surface area contributed by atoms with Crippen LogP contribution in [-0.4, -0.2) is 4.98 Å². The molecule has 1 heterocycles. The molecule has 0 aliphatic carbocycles. The highest BCUT2D eigenvalue weighted by molar-refractivity contribution is 6.17. The van der Waals surface area contributed by atoms with E-state index in [4.69, 9.17) is 16.0 Å². The summed E-state index contributed by atoms with van der Waals surface area (Å²) in [5.41, 5.74) is 2.67. The van der Waals surface area contributed by atoms with Gasteiger partial charge in [-0.1, -0.05) is 12.1 Å². The highest BCUT2D eigenvalue weighted by Gasteiger charge is 2.01. The maximum atomic E-state index is 5.68. The van der Waals surface area contributed by atoms with Crippen LogP contribution in [0.15, 0.2) is 29.0 Å². The summed E-state index contributed by atoms with van der Waals surface area (Å²) in [6.45, 7) is 0. The van der Waals surface area contributed by atoms with E-state index in [1.165, 1.54) is 6.39 Å². The second-order valence-corrected chi connectivity index (χ2v) is 2.52. The van der Waals surface area contributed by atoms with Crippen molar-refractivity contribution in [2.24, 2.45) is 0 Å². The molecule has 0 aliphatic heterocycles. The molecule has 3 heteroatoms. The van der Waals surface area contributed by atoms with Crippen molar-refractivity contribution in [3.8, 4) is 0 Å². The van der Waals surface area contributed by atoms with Crippen molar-refractivity contribution in [2.45, 2.75) is 5.88 Å². The predicted octanol–water partition coefficient (Wildman–Crippen LogP) is 2.57. The molecule has 1 aromatic heterocycles. The van der Waals surface area contributed by atoms with E-state index in [9.17, 15) is 0 Å². The monoisotopic (exact) mass is 167 g/mol. The first-order valence-corrected chi connectivity index (χ1v) is 3.82. The van der Waals surface area contributed by atoms with E-state index in [2.05, 4.69) is 4.98 Å². The molecule has 2 aromatic rings. The van der Waals surface area contributed by atoms with Crippen molar-refractivity contribution in [1.29, 1.82) is 0 Å². The Bertz CT molecular complexity index is 369. The van der Waals surface area contributed by atoms with Crippen molar-refractivity contribution in [2.75, 3.05) is 0 Å². The highest BCUT2D eigenvalue weighted by Crippen LogP contribution is 2.17. The molecule has 0 radical (unpaired) electrons. The first-order valence-electron chi connectivity index (χ1n) is 3.29. The number of rotatable bonds is 1. The van der Waals surface area contributed by atoms with Crippen LogP contribution >= 0.6 is 11.6 Å². The Morgan fingerprint density at radius 3 is 3.18 bits per heavy atom. The number of nitrogens with zero attached hydrogens (tertiary/aromatic N) is 1. The van der Waals surface area contributed by atoms with Crippen molar-refractivity contribution in [1.82, 2.24) is 4.98 Å². The van der Waals surface area contributed by atoms with Gasteiger partial charge >= 0.3 is 0 Å². The topological polar surface area (TPSA) is 26.0 Å². The van der Waals surface area contributed by atoms with Gasteiger partial charge in [0.25, 0.3) is 0 Å². The summed E-state index contributed by atoms with van der Waals surface area (Å²) in [5, 5.41) is 0. The summed E-state index contributed by atoms with van der Waals surface area (Å²) in [6, 6.07) is 5.72. The van der Waals surface area contributed by atoms with E-state index in [0.29, 0.717) is 5.88 Å². The minimum Gasteiger partial charge on any atom is -0.443 e. The zero-order valence-corrected chi connectivity index (χ0v) is 6.51. The Kier molecular flexibility index (Phi) is 1.55. The average molecular weight is 168 g/mol. The van der Waals surface area contributed by atoms with E-state index in [-0.39, 0.29) is 0 Å². The second kappa shape index (κ2) is 2.55. The molecule has 11 heavy (non-hydrogen) atoms. The first kappa shape index (κ1) is 6.68. The van der Waals surface area contributed by atoms with E-state index >= 15 is 0 Å². The number of hydrogen-bond donors (Lipinski definition) is 0. The van der Waals surface area contributed by atoms with E-state index < -0.39 is 0 Å². The van der Waals surface area contributed by atoms with Crippen LogP contribution in [0.5, 0.6) is 0 Å². The third-order valence-electron chi connectivity index (χ3n) is 1.59. The van der Waals surface area contributed by atoms with Crippen molar-refractivity contribution >= 4 is 22.7 Å². The predicted molar refractivity (Wildman–Crippen MR) is 43.6 cm³/mol. The molecule has 2 rings (SSSR count). The van der Waals surface area contributed by atoms with Gasteiger partial charge in [-0.3, -0.25) is 0 Å². The van der Waals surface area contributed by atoms with Gasteiger partial charge in [-0.05, 0) is 11.6 Å². The van der Waals surface area contributed by atoms with Gasteiger partial charge < -0.3 is 4.42 Å². The molecule has 0 unspecified atom stereocenters. The zero-order chi connectivity index (χ0) is 7.68. The van der Waals surface area contributed by atoms with Crippen molar-refractivity contribution in [3.63, 3.8) is 0 Å². The molecule has 2 nitrogen and oxygen atoms in total. The molecular formula is C8H6ClNO. The Labute approximate surface area is 68.8 Å². The lowest BCUT2D eigenvalue weighted by atomic mass is 10.2. The molecule has 0 N–H and O–H groups in total. The maximum Gasteiger partial charge on any atom is 0.181 e. The third kappa shape index (κ3) is 0.994. The number of aromatic nitrogens is 1. The average Bonchev–Trinajstić information content (AvgIpc) is 2.50. The number of oxazole rings is 1. The highest BCUT2D eigenvalue weighted by atomic mass is 35.5. The molecule has 0 aliphatic rings. The number of halogens is 1. The number of alkyl halides is 1. The largest absolute Gasteiger partial charge is 0.443 e. The van der Waals surface area contributed by atoms with E-state index in [1.807, 2.05) is 18.2 Å². The Morgan fingerprint density at radius 2 is 2.36 bits per heavy atom. The minimum absolute atomic E-state index is 0.476. The number of fused-ring (bicyclic) bond motifs is 1. The van der Waals surface area contributed by atoms with Gasteiger partial charge in [0.05, 0.1) is 0 Å². The fourth-order valence-corrected chi connectivity index (χ4v) is 1.27. The zero-order valence-electron chi connectivity index (χ0n) is 5.75. The van der Waals surface area contributed by atoms with E-state index in [0.717, 1.165) is 16.7 Å². The smallest absolute Gasteiger partial charge is 0.181 e. The van der Waals surface area contributed by atoms with Gasteiger partial charge in [-0.25, -0.2) is 4.98 Å². The number of benzene rings is 1. The standard InChI is InChI=1S/C8H6ClNO/c9-4-6-2-1-3-7-8(6)10-5-11-7/h1-3,5H,4H2. The summed E-state index contributed by atoms with van der Waals surface area (Å²) < 4.78 is 5.09. The number of hydrogen-bond acceptors (Lipinski definition) is 2. The van der Waals surface area contributed by atoms with Gasteiger partial charge in [0.1, 0.15) is 5.52 Å². The fourth-order valence-electron chi connectivity index (χ4n) is 1.05. The molecule has 0 fully saturated rings. The first-order chi connectivity index (χ1) is 5.42. The van der Waals surface area contributed by atoms with Crippen molar-refractivity contribution in [3.05, 3.63) is 30.2 Å². The molecule has 0 saturated carbocycles. The summed E-state index contributed by atoms with van der Waals surface area (Å²) in [4.78, 5) is 4.04. The lowest BCUT2D eigenvalue weighted by molar-refractivity contribution is 0.602. The molecule has 0 bridgehead atoms. The summed E-state index contributed by atoms with van der Waals surface area (Å²) in [5.74, 6) is 0.476. The molecule has 56 valence electrons. The van der Waals surface area contributed by atoms with Gasteiger partial charge in [0.2, 0.25) is 0 Å². The van der Waals surface area contributed by atoms with Crippen LogP contribution in [-0.2, 0) is 5.88 Å². The lowest BCUT2D eigenvalue weighted by Gasteiger charge is -1.92. The van der Waals surface area contributed by atoms with Gasteiger partial charge in [-0.2, -0.15) is 0 Å². The van der Waals surface area contributed by atoms with Crippen molar-refractivity contribution < 1.29 is 4.42 Å². The molecule has 0 amide bonds. The van der Waals surface area contributed by atoms with Crippen LogP contribution in [0.2, 0.25) is 0 Å². The summed E-state index contributed by atoms with van der Waals surface area (Å²) in [7, 11) is 0. The Hall–Kier alpha value is -1.02. The van der Waals surface area contributed by atoms with Gasteiger partial charge in [-0.15, -0.1) is 11.6 Å². The third-order valence-corrected chi connectivity index (χ3v) is 1.88. The lowest BCUT2D eigenvalue weighted by Crippen LogP contribution is -1.78. The Balaban J connectivity index is 2.79. The van der Waals surface area contributed by atoms with Gasteiger partial charge in [0, 0.05) is 5.88 Å². The normalized spacial score (nSPS) is 10.6. The van der Waals surface area contributed by atoms with Gasteiger partial charge in [0.15, 0.2) is 12.0 Å². The molecule has 0 atom stereocenters. The maximum absolute atomic E-state index is 5.68. The van der Waals surface area contributed by atoms with Crippen LogP contribution in [0, 0.1) is 0 Å². The molecule has 0 saturated heterocycles. The molecular weight excluding hydrogens is 162 g/mol. The minimum atomic E-state index is 0.476. The van der Waals surface area contributed by atoms with E-state index in [1.54, 1.807) is 0 Å². The molecule has 1 aromatic carbocycles. The van der Waals surface area contributed by atoms with Crippen LogP contribution < -0.4 is 0 Å². The van der Waals surface area contributed by atoms with Crippen LogP contribution in [0.25, 0.3) is 11.1 Å². The summed E-state index contributed by atoms with van der Waals surface area (Å²) in [6.07, 6.45) is 1.43. The molecule has 0 spiro atoms. The number of para-hydroxylation sites is 1. The van der Waals surface area contributed by atoms with Crippen LogP contribution in [0.4, 0.5) is 0 Å². The summed E-state index contributed by atoms with van der Waals surface area (Å²) >= 11 is 5.68. The Morgan fingerprint density at radius 1 is 1.45 bits per heavy atom. The second-order valence-electron chi connectivity index (χ2n) is 2.25. The SMILES string of the molecule is ClCc1cccc2ocnc12. The van der Waals surface area contributed by atoms with Crippen LogP contribution in [0.3, 0.4) is 0 Å².